The fourth-order valence-electron chi connectivity index (χ4n) is 9.69. The van der Waals surface area contributed by atoms with Crippen LogP contribution in [0.4, 0.5) is 0 Å². The van der Waals surface area contributed by atoms with Crippen LogP contribution in [0.1, 0.15) is 193 Å². The number of hydrogen-bond donors (Lipinski definition) is 0. The summed E-state index contributed by atoms with van der Waals surface area (Å²) in [5.41, 5.74) is 0. The monoisotopic (exact) mass is 961 g/mol. The number of unbranched alkanes of at least 4 members (excludes halogenated alkanes) is 21. The Labute approximate surface area is 412 Å². The molecular formula is C54H84N6O9. The molecule has 15 nitrogen and oxygen atoms in total. The summed E-state index contributed by atoms with van der Waals surface area (Å²) in [5.74, 6) is -0.889. The third-order valence-corrected chi connectivity index (χ3v) is 13.9. The van der Waals surface area contributed by atoms with Gasteiger partial charge in [0.15, 0.2) is 0 Å². The van der Waals surface area contributed by atoms with Crippen molar-refractivity contribution in [3.8, 4) is 0 Å². The van der Waals surface area contributed by atoms with Gasteiger partial charge < -0.3 is 14.7 Å². The maximum Gasteiger partial charge on any atom is 0.253 e. The molecule has 69 heavy (non-hydrogen) atoms. The molecule has 4 heterocycles. The van der Waals surface area contributed by atoms with E-state index in [0.29, 0.717) is 78.2 Å². The van der Waals surface area contributed by atoms with Crippen LogP contribution in [0.15, 0.2) is 36.5 Å². The zero-order valence-corrected chi connectivity index (χ0v) is 41.9. The normalized spacial score (nSPS) is 17.0. The van der Waals surface area contributed by atoms with Gasteiger partial charge in [-0.05, 0) is 57.8 Å². The smallest absolute Gasteiger partial charge is 0.253 e. The Hall–Kier alpha value is -4.95. The van der Waals surface area contributed by atoms with E-state index in [1.165, 1.54) is 51.2 Å². The van der Waals surface area contributed by atoms with E-state index in [0.717, 1.165) is 173 Å². The molecule has 1 fully saturated rings. The van der Waals surface area contributed by atoms with Crippen molar-refractivity contribution in [2.45, 2.75) is 193 Å². The lowest BCUT2D eigenvalue weighted by Crippen LogP contribution is -2.41. The third kappa shape index (κ3) is 22.1. The van der Waals surface area contributed by atoms with Crippen molar-refractivity contribution in [3.63, 3.8) is 0 Å². The number of amides is 9. The van der Waals surface area contributed by atoms with Gasteiger partial charge in [-0.25, -0.2) is 0 Å². The lowest BCUT2D eigenvalue weighted by atomic mass is 10.1. The highest BCUT2D eigenvalue weighted by Gasteiger charge is 2.25. The minimum absolute atomic E-state index is 0.145. The zero-order chi connectivity index (χ0) is 49.5. The van der Waals surface area contributed by atoms with Crippen molar-refractivity contribution in [2.75, 3.05) is 58.9 Å². The van der Waals surface area contributed by atoms with Gasteiger partial charge in [0, 0.05) is 115 Å². The minimum atomic E-state index is -0.221. The first-order chi connectivity index (χ1) is 33.5. The summed E-state index contributed by atoms with van der Waals surface area (Å²) < 4.78 is 0. The molecule has 0 unspecified atom stereocenters. The van der Waals surface area contributed by atoms with Gasteiger partial charge in [-0.2, -0.15) is 0 Å². The molecule has 0 aliphatic carbocycles. The first-order valence-corrected chi connectivity index (χ1v) is 27.0. The van der Waals surface area contributed by atoms with E-state index in [1.807, 2.05) is 14.7 Å². The van der Waals surface area contributed by atoms with Crippen LogP contribution < -0.4 is 0 Å². The van der Waals surface area contributed by atoms with Crippen LogP contribution in [0.3, 0.4) is 0 Å². The van der Waals surface area contributed by atoms with E-state index < -0.39 is 0 Å². The van der Waals surface area contributed by atoms with Crippen molar-refractivity contribution >= 4 is 53.2 Å². The van der Waals surface area contributed by atoms with Gasteiger partial charge in [0.05, 0.1) is 0 Å². The summed E-state index contributed by atoms with van der Waals surface area (Å²) in [6.45, 7) is 5.00. The summed E-state index contributed by atoms with van der Waals surface area (Å²) >= 11 is 0. The molecule has 4 rings (SSSR count). The molecule has 384 valence electrons. The van der Waals surface area contributed by atoms with E-state index in [9.17, 15) is 43.2 Å². The predicted molar refractivity (Wildman–Crippen MR) is 266 cm³/mol. The molecule has 9 amide bonds. The topological polar surface area (TPSA) is 173 Å². The van der Waals surface area contributed by atoms with E-state index in [1.54, 1.807) is 0 Å². The van der Waals surface area contributed by atoms with Crippen LogP contribution in [-0.4, -0.2) is 141 Å². The van der Waals surface area contributed by atoms with E-state index in [2.05, 4.69) is 0 Å². The Morgan fingerprint density at radius 1 is 0.275 bits per heavy atom. The predicted octanol–water partition coefficient (Wildman–Crippen LogP) is 7.96. The Morgan fingerprint density at radius 2 is 0.449 bits per heavy atom. The Kier molecular flexibility index (Phi) is 27.5. The quantitative estimate of drug-likeness (QED) is 0.0467. The van der Waals surface area contributed by atoms with Gasteiger partial charge in [0.1, 0.15) is 0 Å². The molecule has 0 N–H and O–H groups in total. The number of nitrogens with zero attached hydrogens (tertiary/aromatic N) is 6. The molecule has 0 aromatic carbocycles. The average Bonchev–Trinajstić information content (AvgIpc) is 3.96. The van der Waals surface area contributed by atoms with Gasteiger partial charge in [0.2, 0.25) is 17.7 Å². The fourth-order valence-corrected chi connectivity index (χ4v) is 9.69. The highest BCUT2D eigenvalue weighted by atomic mass is 16.2. The highest BCUT2D eigenvalue weighted by Crippen LogP contribution is 2.17. The molecule has 1 saturated heterocycles. The van der Waals surface area contributed by atoms with Gasteiger partial charge in [-0.3, -0.25) is 57.9 Å². The Morgan fingerprint density at radius 3 is 0.652 bits per heavy atom. The Balaban J connectivity index is 1.14. The first kappa shape index (κ1) is 56.6. The second-order valence-corrected chi connectivity index (χ2v) is 19.4. The van der Waals surface area contributed by atoms with E-state index in [4.69, 9.17) is 0 Å². The van der Waals surface area contributed by atoms with Crippen LogP contribution in [0.5, 0.6) is 0 Å². The first-order valence-electron chi connectivity index (χ1n) is 27.0. The maximum atomic E-state index is 13.6. The largest absolute Gasteiger partial charge is 0.343 e. The molecule has 0 radical (unpaired) electrons. The van der Waals surface area contributed by atoms with Crippen molar-refractivity contribution < 1.29 is 43.2 Å². The number of imide groups is 3. The van der Waals surface area contributed by atoms with Crippen LogP contribution in [0.25, 0.3) is 0 Å². The van der Waals surface area contributed by atoms with E-state index in [-0.39, 0.29) is 53.2 Å². The third-order valence-electron chi connectivity index (χ3n) is 13.9. The number of rotatable bonds is 33. The second kappa shape index (κ2) is 33.6. The van der Waals surface area contributed by atoms with Crippen molar-refractivity contribution in [3.05, 3.63) is 36.5 Å². The fraction of sp³-hybridized carbons (Fsp3) is 0.722. The lowest BCUT2D eigenvalue weighted by Gasteiger charge is -2.30. The number of hydrogen-bond acceptors (Lipinski definition) is 9. The Bertz CT molecular complexity index is 1510. The molecule has 4 aliphatic rings. The van der Waals surface area contributed by atoms with Gasteiger partial charge >= 0.3 is 0 Å². The minimum Gasteiger partial charge on any atom is -0.343 e. The molecule has 0 atom stereocenters. The molecule has 0 spiro atoms. The van der Waals surface area contributed by atoms with Crippen LogP contribution in [0.2, 0.25) is 0 Å². The van der Waals surface area contributed by atoms with Crippen LogP contribution in [-0.2, 0) is 43.2 Å². The summed E-state index contributed by atoms with van der Waals surface area (Å²) in [4.78, 5) is 121. The molecule has 0 bridgehead atoms. The lowest BCUT2D eigenvalue weighted by molar-refractivity contribution is -0.138. The summed E-state index contributed by atoms with van der Waals surface area (Å²) in [5, 5.41) is 0. The summed E-state index contributed by atoms with van der Waals surface area (Å²) in [7, 11) is 0. The van der Waals surface area contributed by atoms with Crippen molar-refractivity contribution in [1.82, 2.24) is 29.4 Å². The summed E-state index contributed by atoms with van der Waals surface area (Å²) in [6.07, 6.45) is 35.4. The average molecular weight is 961 g/mol. The highest BCUT2D eigenvalue weighted by molar-refractivity contribution is 6.14. The zero-order valence-electron chi connectivity index (χ0n) is 41.9. The van der Waals surface area contributed by atoms with Gasteiger partial charge in [-0.1, -0.05) is 116 Å². The number of carbonyl (C=O) groups is 9. The molecular weight excluding hydrogens is 877 g/mol. The molecule has 4 aliphatic heterocycles. The standard InChI is InChI=1S/C54H84N6O9/c61-46(28-19-13-7-1-4-10-16-22-43-58-49(64)31-32-50(58)65)55-37-25-39-56(47(62)29-20-14-8-2-5-11-17-23-44-59-51(66)33-34-52(59)67)41-27-42-57(40-26-38-55)48(63)30-21-15-9-3-6-12-18-24-45-60-53(68)35-36-54(60)69/h31-36H,1-30,37-45H2. The molecule has 0 aromatic rings. The molecule has 15 heteroatoms. The SMILES string of the molecule is O=C(CCCCCCCCCCN1C(=O)C=CC1=O)N1CCCN(C(=O)CCCCCCCCCCN2C(=O)C=CC2=O)CCCN(C(=O)CCCCCCCCCCN2C(=O)C=CC2=O)CCC1. The van der Waals surface area contributed by atoms with Crippen molar-refractivity contribution in [2.24, 2.45) is 0 Å². The number of carbonyl (C=O) groups excluding carboxylic acids is 9. The molecule has 0 aromatic heterocycles. The van der Waals surface area contributed by atoms with Gasteiger partial charge in [-0.15, -0.1) is 0 Å². The second-order valence-electron chi connectivity index (χ2n) is 19.4. The van der Waals surface area contributed by atoms with E-state index >= 15 is 0 Å². The van der Waals surface area contributed by atoms with Crippen LogP contribution in [0, 0.1) is 0 Å². The maximum absolute atomic E-state index is 13.6. The summed E-state index contributed by atoms with van der Waals surface area (Å²) in [6, 6.07) is 0. The molecule has 0 saturated carbocycles. The van der Waals surface area contributed by atoms with Gasteiger partial charge in [0.25, 0.3) is 35.4 Å². The van der Waals surface area contributed by atoms with Crippen molar-refractivity contribution in [1.29, 1.82) is 0 Å². The van der Waals surface area contributed by atoms with Crippen LogP contribution >= 0.6 is 0 Å².